The topological polar surface area (TPSA) is 29.4 Å². The second-order valence-corrected chi connectivity index (χ2v) is 4.33. The first kappa shape index (κ1) is 9.89. The summed E-state index contributed by atoms with van der Waals surface area (Å²) in [5, 5.41) is 2.98. The molecule has 0 aromatic carbocycles. The molecule has 0 amide bonds. The maximum absolute atomic E-state index is 10.3. The number of alkyl halides is 1. The predicted octanol–water partition coefficient (Wildman–Crippen LogP) is 2.79. The second kappa shape index (κ2) is 3.33. The summed E-state index contributed by atoms with van der Waals surface area (Å²) < 4.78 is 0. The Labute approximate surface area is 66.9 Å². The molecule has 1 unspecified atom stereocenters. The predicted molar refractivity (Wildman–Crippen MR) is 44.4 cm³/mol. The van der Waals surface area contributed by atoms with Crippen LogP contribution in [0.25, 0.3) is 0 Å². The van der Waals surface area contributed by atoms with Crippen molar-refractivity contribution in [1.29, 1.82) is 0 Å². The van der Waals surface area contributed by atoms with E-state index in [1.54, 1.807) is 13.8 Å². The summed E-state index contributed by atoms with van der Waals surface area (Å²) in [7, 11) is 0. The molecule has 0 saturated carbocycles. The Morgan fingerprint density at radius 2 is 1.80 bits per heavy atom. The fraction of sp³-hybridized carbons (Fsp3) is 1.00. The molecule has 0 fully saturated rings. The van der Waals surface area contributed by atoms with Gasteiger partial charge in [0.1, 0.15) is 6.04 Å². The highest BCUT2D eigenvalue weighted by Gasteiger charge is 2.30. The first-order valence-electron chi connectivity index (χ1n) is 3.41. The van der Waals surface area contributed by atoms with Gasteiger partial charge >= 0.3 is 0 Å². The Morgan fingerprint density at radius 3 is 1.80 bits per heavy atom. The molecular weight excluding hydrogens is 150 g/mol. The second-order valence-electron chi connectivity index (χ2n) is 3.36. The van der Waals surface area contributed by atoms with E-state index in [0.29, 0.717) is 0 Å². The van der Waals surface area contributed by atoms with Crippen molar-refractivity contribution in [2.24, 2.45) is 11.1 Å². The molecule has 0 spiro atoms. The van der Waals surface area contributed by atoms with E-state index in [1.807, 2.05) is 13.8 Å². The van der Waals surface area contributed by atoms with Crippen LogP contribution in [0.1, 0.15) is 27.7 Å². The van der Waals surface area contributed by atoms with Crippen molar-refractivity contribution in [3.05, 3.63) is 4.91 Å². The van der Waals surface area contributed by atoms with Crippen molar-refractivity contribution in [2.75, 3.05) is 0 Å². The lowest BCUT2D eigenvalue weighted by Gasteiger charge is -2.24. The smallest absolute Gasteiger partial charge is 0.113 e. The largest absolute Gasteiger partial charge is 0.150 e. The van der Waals surface area contributed by atoms with Gasteiger partial charge in [0.2, 0.25) is 0 Å². The highest BCUT2D eigenvalue weighted by molar-refractivity contribution is 6.23. The van der Waals surface area contributed by atoms with Gasteiger partial charge in [-0.3, -0.25) is 0 Å². The number of halogens is 1. The van der Waals surface area contributed by atoms with Gasteiger partial charge in [-0.2, -0.15) is 4.91 Å². The molecular formula is C7H14ClNO. The Kier molecular flexibility index (Phi) is 3.29. The van der Waals surface area contributed by atoms with Crippen molar-refractivity contribution in [2.45, 2.75) is 38.6 Å². The van der Waals surface area contributed by atoms with Crippen LogP contribution in [0.15, 0.2) is 5.18 Å². The minimum atomic E-state index is -0.518. The van der Waals surface area contributed by atoms with Gasteiger partial charge < -0.3 is 0 Å². The third-order valence-corrected chi connectivity index (χ3v) is 1.67. The number of rotatable bonds is 3. The molecule has 10 heavy (non-hydrogen) atoms. The molecule has 0 rings (SSSR count). The van der Waals surface area contributed by atoms with Crippen LogP contribution in [-0.4, -0.2) is 10.9 Å². The number of nitroso groups, excluding NO2 is 1. The van der Waals surface area contributed by atoms with Crippen LogP contribution in [0.3, 0.4) is 0 Å². The van der Waals surface area contributed by atoms with Crippen LogP contribution < -0.4 is 0 Å². The monoisotopic (exact) mass is 163 g/mol. The maximum Gasteiger partial charge on any atom is 0.113 e. The van der Waals surface area contributed by atoms with Gasteiger partial charge in [-0.05, 0) is 19.8 Å². The van der Waals surface area contributed by atoms with Gasteiger partial charge in [0.25, 0.3) is 0 Å². The first-order chi connectivity index (χ1) is 4.39. The van der Waals surface area contributed by atoms with E-state index in [4.69, 9.17) is 11.6 Å². The zero-order valence-corrected chi connectivity index (χ0v) is 7.64. The van der Waals surface area contributed by atoms with Crippen molar-refractivity contribution >= 4 is 11.6 Å². The molecule has 0 aromatic rings. The van der Waals surface area contributed by atoms with Gasteiger partial charge in [-0.15, -0.1) is 11.6 Å². The lowest BCUT2D eigenvalue weighted by molar-refractivity contribution is 0.411. The van der Waals surface area contributed by atoms with Crippen molar-refractivity contribution in [3.63, 3.8) is 0 Å². The molecule has 0 aliphatic rings. The van der Waals surface area contributed by atoms with Gasteiger partial charge in [-0.1, -0.05) is 19.0 Å². The molecule has 3 heteroatoms. The van der Waals surface area contributed by atoms with E-state index >= 15 is 0 Å². The Bertz CT molecular complexity index is 117. The summed E-state index contributed by atoms with van der Waals surface area (Å²) in [6.45, 7) is 7.49. The highest BCUT2D eigenvalue weighted by atomic mass is 35.5. The zero-order valence-electron chi connectivity index (χ0n) is 6.89. The molecule has 0 bridgehead atoms. The van der Waals surface area contributed by atoms with E-state index in [1.165, 1.54) is 0 Å². The summed E-state index contributed by atoms with van der Waals surface area (Å²) in [5.74, 6) is 0.213. The summed E-state index contributed by atoms with van der Waals surface area (Å²) in [4.78, 5) is 9.74. The van der Waals surface area contributed by atoms with Crippen LogP contribution >= 0.6 is 11.6 Å². The minimum Gasteiger partial charge on any atom is -0.150 e. The van der Waals surface area contributed by atoms with E-state index in [9.17, 15) is 4.91 Å². The van der Waals surface area contributed by atoms with Crippen molar-refractivity contribution in [3.8, 4) is 0 Å². The number of nitrogens with zero attached hydrogens (tertiary/aromatic N) is 1. The van der Waals surface area contributed by atoms with Crippen LogP contribution in [0.2, 0.25) is 0 Å². The Balaban J connectivity index is 4.21. The molecule has 0 radical (unpaired) electrons. The average molecular weight is 164 g/mol. The molecule has 60 valence electrons. The molecule has 0 heterocycles. The maximum atomic E-state index is 10.3. The van der Waals surface area contributed by atoms with Gasteiger partial charge in [0, 0.05) is 0 Å². The van der Waals surface area contributed by atoms with Crippen molar-refractivity contribution < 1.29 is 0 Å². The van der Waals surface area contributed by atoms with Crippen LogP contribution in [0.4, 0.5) is 0 Å². The van der Waals surface area contributed by atoms with Crippen LogP contribution in [-0.2, 0) is 0 Å². The quantitative estimate of drug-likeness (QED) is 0.465. The number of hydrogen-bond acceptors (Lipinski definition) is 2. The van der Waals surface area contributed by atoms with E-state index in [-0.39, 0.29) is 12.0 Å². The molecule has 0 saturated heterocycles. The minimum absolute atomic E-state index is 0.213. The van der Waals surface area contributed by atoms with Gasteiger partial charge in [-0.25, -0.2) is 0 Å². The molecule has 0 N–H and O–H groups in total. The molecule has 0 aliphatic carbocycles. The summed E-state index contributed by atoms with van der Waals surface area (Å²) in [6, 6.07) is -0.297. The Hall–Kier alpha value is -0.110. The van der Waals surface area contributed by atoms with Gasteiger partial charge in [0.05, 0.1) is 4.87 Å². The lowest BCUT2D eigenvalue weighted by Crippen LogP contribution is -2.32. The van der Waals surface area contributed by atoms with Crippen LogP contribution in [0, 0.1) is 10.8 Å². The first-order valence-corrected chi connectivity index (χ1v) is 3.78. The molecule has 2 nitrogen and oxygen atoms in total. The third kappa shape index (κ3) is 2.65. The average Bonchev–Trinajstić information content (AvgIpc) is 1.60. The SMILES string of the molecule is CC(C)C(N=O)C(C)(C)Cl. The van der Waals surface area contributed by atoms with Crippen LogP contribution in [0.5, 0.6) is 0 Å². The van der Waals surface area contributed by atoms with E-state index in [0.717, 1.165) is 0 Å². The normalized spacial score (nSPS) is 15.4. The molecule has 0 aromatic heterocycles. The fourth-order valence-corrected chi connectivity index (χ4v) is 1.33. The highest BCUT2D eigenvalue weighted by Crippen LogP contribution is 2.26. The fourth-order valence-electron chi connectivity index (χ4n) is 1.04. The molecule has 0 aliphatic heterocycles. The zero-order chi connectivity index (χ0) is 8.36. The Morgan fingerprint density at radius 1 is 1.40 bits per heavy atom. The number of hydrogen-bond donors (Lipinski definition) is 0. The summed E-state index contributed by atoms with van der Waals surface area (Å²) in [6.07, 6.45) is 0. The van der Waals surface area contributed by atoms with Gasteiger partial charge in [0.15, 0.2) is 0 Å². The molecule has 1 atom stereocenters. The van der Waals surface area contributed by atoms with E-state index < -0.39 is 4.87 Å². The lowest BCUT2D eigenvalue weighted by atomic mass is 9.93. The van der Waals surface area contributed by atoms with E-state index in [2.05, 4.69) is 5.18 Å². The summed E-state index contributed by atoms with van der Waals surface area (Å²) in [5.41, 5.74) is 0. The standard InChI is InChI=1S/C7H14ClNO/c1-5(2)6(9-10)7(3,4)8/h5-6H,1-4H3. The summed E-state index contributed by atoms with van der Waals surface area (Å²) >= 11 is 5.90. The van der Waals surface area contributed by atoms with Crippen molar-refractivity contribution in [1.82, 2.24) is 0 Å². The third-order valence-electron chi connectivity index (χ3n) is 1.45.